The van der Waals surface area contributed by atoms with E-state index in [1.807, 2.05) is 0 Å². The third kappa shape index (κ3) is 4.79. The third-order valence-corrected chi connectivity index (χ3v) is 1.86. The molecule has 13 heavy (non-hydrogen) atoms. The van der Waals surface area contributed by atoms with Gasteiger partial charge in [-0.05, 0) is 0 Å². The Balaban J connectivity index is 0. The van der Waals surface area contributed by atoms with E-state index in [9.17, 15) is 9.59 Å². The number of aromatic nitrogens is 2. The molecule has 1 aromatic heterocycles. The molecule has 71 valence electrons. The molecule has 2 N–H and O–H groups in total. The van der Waals surface area contributed by atoms with Gasteiger partial charge in [0.25, 0.3) is 5.56 Å². The summed E-state index contributed by atoms with van der Waals surface area (Å²) in [6.45, 7) is 3.56. The summed E-state index contributed by atoms with van der Waals surface area (Å²) >= 11 is 1.29. The summed E-state index contributed by atoms with van der Waals surface area (Å²) in [4.78, 5) is 26.4. The predicted molar refractivity (Wildman–Crippen MR) is 50.2 cm³/mol. The van der Waals surface area contributed by atoms with Gasteiger partial charge in [0.15, 0.2) is 0 Å². The Morgan fingerprint density at radius 2 is 2.08 bits per heavy atom. The first-order valence-electron chi connectivity index (χ1n) is 2.98. The summed E-state index contributed by atoms with van der Waals surface area (Å²) in [6.07, 6.45) is 1.39. The van der Waals surface area contributed by atoms with Crippen LogP contribution in [-0.2, 0) is 32.7 Å². The standard InChI is InChI=1S/C6H7N2O2S.CH3.Y/c1-2-11-4-3-7-6(10)8-5(4)9;;/h3H,1-2H2,(H2,7,8,9,10);1H3;/q2*-1;. The van der Waals surface area contributed by atoms with Crippen molar-refractivity contribution in [1.82, 2.24) is 9.97 Å². The number of hydrogen-bond acceptors (Lipinski definition) is 3. The van der Waals surface area contributed by atoms with Crippen molar-refractivity contribution in [1.29, 1.82) is 0 Å². The molecule has 1 radical (unpaired) electrons. The van der Waals surface area contributed by atoms with Crippen LogP contribution in [0.2, 0.25) is 0 Å². The van der Waals surface area contributed by atoms with Crippen LogP contribution in [0.25, 0.3) is 0 Å². The van der Waals surface area contributed by atoms with Crippen molar-refractivity contribution in [3.8, 4) is 0 Å². The average Bonchev–Trinajstić information content (AvgIpc) is 1.95. The Hall–Kier alpha value is 0.134. The smallest absolute Gasteiger partial charge is 0.325 e. The fourth-order valence-electron chi connectivity index (χ4n) is 0.615. The Bertz CT molecular complexity index is 347. The number of nitrogens with one attached hydrogen (secondary N) is 2. The van der Waals surface area contributed by atoms with Gasteiger partial charge in [-0.25, -0.2) is 4.79 Å². The van der Waals surface area contributed by atoms with Crippen LogP contribution in [0.1, 0.15) is 0 Å². The first-order chi connectivity index (χ1) is 5.24. The third-order valence-electron chi connectivity index (χ3n) is 1.04. The maximum Gasteiger partial charge on any atom is 0.325 e. The molecule has 0 unspecified atom stereocenters. The molecule has 6 heteroatoms. The molecule has 0 aliphatic rings. The van der Waals surface area contributed by atoms with Crippen LogP contribution in [-0.4, -0.2) is 15.7 Å². The van der Waals surface area contributed by atoms with Crippen LogP contribution in [0.15, 0.2) is 20.7 Å². The molecule has 1 heterocycles. The summed E-state index contributed by atoms with van der Waals surface area (Å²) in [5, 5.41) is 0. The van der Waals surface area contributed by atoms with Crippen molar-refractivity contribution in [2.75, 3.05) is 5.75 Å². The molecule has 1 rings (SSSR count). The summed E-state index contributed by atoms with van der Waals surface area (Å²) in [6, 6.07) is 0. The van der Waals surface area contributed by atoms with E-state index in [1.165, 1.54) is 18.0 Å². The topological polar surface area (TPSA) is 65.7 Å². The van der Waals surface area contributed by atoms with Crippen LogP contribution >= 0.6 is 11.8 Å². The molecule has 0 atom stereocenters. The van der Waals surface area contributed by atoms with Crippen LogP contribution in [0.5, 0.6) is 0 Å². The Labute approximate surface area is 106 Å². The monoisotopic (exact) mass is 275 g/mol. The predicted octanol–water partition coefficient (Wildman–Crippen LogP) is 0.437. The molecule has 0 bridgehead atoms. The summed E-state index contributed by atoms with van der Waals surface area (Å²) < 4.78 is 0. The van der Waals surface area contributed by atoms with Crippen molar-refractivity contribution < 1.29 is 32.7 Å². The van der Waals surface area contributed by atoms with E-state index in [-0.39, 0.29) is 45.7 Å². The normalized spacial score (nSPS) is 8.38. The van der Waals surface area contributed by atoms with Gasteiger partial charge in [-0.15, -0.1) is 5.75 Å². The Morgan fingerprint density at radius 3 is 2.54 bits per heavy atom. The maximum atomic E-state index is 10.9. The molecule has 0 saturated heterocycles. The first kappa shape index (κ1) is 15.6. The molecule has 1 aromatic rings. The van der Waals surface area contributed by atoms with Crippen molar-refractivity contribution in [2.45, 2.75) is 4.90 Å². The number of H-pyrrole nitrogens is 2. The van der Waals surface area contributed by atoms with Gasteiger partial charge in [0.05, 0.1) is 4.90 Å². The van der Waals surface area contributed by atoms with E-state index in [4.69, 9.17) is 0 Å². The van der Waals surface area contributed by atoms with Gasteiger partial charge >= 0.3 is 5.69 Å². The van der Waals surface area contributed by atoms with E-state index in [0.29, 0.717) is 10.6 Å². The molecule has 0 aromatic carbocycles. The molecule has 0 amide bonds. The van der Waals surface area contributed by atoms with Crippen molar-refractivity contribution in [2.24, 2.45) is 0 Å². The molecule has 0 saturated carbocycles. The van der Waals surface area contributed by atoms with Crippen LogP contribution in [0.3, 0.4) is 0 Å². The van der Waals surface area contributed by atoms with E-state index in [0.717, 1.165) is 0 Å². The fraction of sp³-hybridized carbons (Fsp3) is 0.143. The zero-order valence-electron chi connectivity index (χ0n) is 7.29. The number of rotatable bonds is 2. The van der Waals surface area contributed by atoms with Crippen molar-refractivity contribution in [3.63, 3.8) is 0 Å². The SMILES string of the molecule is [CH2-]CSc1c[nH]c(=O)[nH]c1=O.[CH3-].[Y]. The number of hydrogen-bond donors (Lipinski definition) is 2. The van der Waals surface area contributed by atoms with E-state index in [2.05, 4.69) is 16.9 Å². The van der Waals surface area contributed by atoms with Gasteiger partial charge in [0.1, 0.15) is 0 Å². The van der Waals surface area contributed by atoms with Gasteiger partial charge in [-0.3, -0.25) is 9.78 Å². The largest absolute Gasteiger partial charge is 0.358 e. The minimum atomic E-state index is -0.483. The molecular formula is C7H10N2O2SY-2. The maximum absolute atomic E-state index is 10.9. The molecule has 0 spiro atoms. The quantitative estimate of drug-likeness (QED) is 0.608. The van der Waals surface area contributed by atoms with Crippen LogP contribution in [0.4, 0.5) is 0 Å². The van der Waals surface area contributed by atoms with Crippen molar-refractivity contribution >= 4 is 11.8 Å². The first-order valence-corrected chi connectivity index (χ1v) is 3.96. The van der Waals surface area contributed by atoms with E-state index < -0.39 is 5.69 Å². The molecule has 0 fully saturated rings. The van der Waals surface area contributed by atoms with Gasteiger partial charge in [-0.2, -0.15) is 11.8 Å². The summed E-state index contributed by atoms with van der Waals surface area (Å²) in [5.41, 5.74) is -0.842. The summed E-state index contributed by atoms with van der Waals surface area (Å²) in [7, 11) is 0. The molecule has 0 aliphatic carbocycles. The zero-order chi connectivity index (χ0) is 8.27. The minimum Gasteiger partial charge on any atom is -0.358 e. The second kappa shape index (κ2) is 7.53. The second-order valence-electron chi connectivity index (χ2n) is 1.78. The molecule has 4 nitrogen and oxygen atoms in total. The average molecular weight is 275 g/mol. The molecule has 0 aliphatic heterocycles. The van der Waals surface area contributed by atoms with Crippen LogP contribution in [0, 0.1) is 14.4 Å². The summed E-state index contributed by atoms with van der Waals surface area (Å²) in [5.74, 6) is 0.565. The van der Waals surface area contributed by atoms with E-state index >= 15 is 0 Å². The Kier molecular flexibility index (Phi) is 9.03. The Morgan fingerprint density at radius 1 is 1.46 bits per heavy atom. The van der Waals surface area contributed by atoms with Gasteiger partial charge in [0.2, 0.25) is 0 Å². The zero-order valence-corrected chi connectivity index (χ0v) is 10.9. The van der Waals surface area contributed by atoms with Gasteiger partial charge in [-0.1, -0.05) is 0 Å². The minimum absolute atomic E-state index is 0. The van der Waals surface area contributed by atoms with Crippen LogP contribution < -0.4 is 11.2 Å². The number of aromatic amines is 2. The van der Waals surface area contributed by atoms with Gasteiger partial charge in [0, 0.05) is 38.9 Å². The van der Waals surface area contributed by atoms with Crippen molar-refractivity contribution in [3.05, 3.63) is 41.4 Å². The van der Waals surface area contributed by atoms with E-state index in [1.54, 1.807) is 0 Å². The number of thioether (sulfide) groups is 1. The fourth-order valence-corrected chi connectivity index (χ4v) is 1.16. The molecular weight excluding hydrogens is 265 g/mol. The van der Waals surface area contributed by atoms with Gasteiger partial charge < -0.3 is 19.3 Å². The second-order valence-corrected chi connectivity index (χ2v) is 2.92.